The summed E-state index contributed by atoms with van der Waals surface area (Å²) in [6.07, 6.45) is 4.72. The van der Waals surface area contributed by atoms with Crippen molar-refractivity contribution in [2.45, 2.75) is 51.9 Å². The Balaban J connectivity index is 2.82. The van der Waals surface area contributed by atoms with E-state index in [1.165, 1.54) is 0 Å². The van der Waals surface area contributed by atoms with Crippen molar-refractivity contribution in [1.29, 1.82) is 0 Å². The fraction of sp³-hybridized carbons (Fsp3) is 0.833. The average molecular weight is 214 g/mol. The lowest BCUT2D eigenvalue weighted by Crippen LogP contribution is -2.41. The van der Waals surface area contributed by atoms with Gasteiger partial charge in [-0.1, -0.05) is 32.4 Å². The molecule has 1 aliphatic heterocycles. The van der Waals surface area contributed by atoms with Gasteiger partial charge in [0.15, 0.2) is 0 Å². The third-order valence-electron chi connectivity index (χ3n) is 3.28. The average Bonchev–Trinajstić information content (AvgIpc) is 2.46. The summed E-state index contributed by atoms with van der Waals surface area (Å²) in [6.45, 7) is 5.80. The highest BCUT2D eigenvalue weighted by Crippen LogP contribution is 2.40. The summed E-state index contributed by atoms with van der Waals surface area (Å²) in [5.41, 5.74) is -0.563. The van der Waals surface area contributed by atoms with Gasteiger partial charge in [-0.25, -0.2) is 0 Å². The van der Waals surface area contributed by atoms with Crippen molar-refractivity contribution >= 4 is 0 Å². The fourth-order valence-corrected chi connectivity index (χ4v) is 2.15. The molecule has 0 aromatic rings. The van der Waals surface area contributed by atoms with E-state index in [-0.39, 0.29) is 18.8 Å². The monoisotopic (exact) mass is 214 g/mol. The first-order chi connectivity index (χ1) is 7.10. The van der Waals surface area contributed by atoms with Crippen molar-refractivity contribution in [2.75, 3.05) is 6.61 Å². The minimum atomic E-state index is -0.580. The Morgan fingerprint density at radius 2 is 2.13 bits per heavy atom. The predicted octanol–water partition coefficient (Wildman–Crippen LogP) is 1.49. The Labute approximate surface area is 91.8 Å². The van der Waals surface area contributed by atoms with E-state index < -0.39 is 11.5 Å². The molecule has 1 heterocycles. The van der Waals surface area contributed by atoms with E-state index in [1.807, 2.05) is 26.0 Å². The van der Waals surface area contributed by atoms with E-state index in [0.717, 1.165) is 12.8 Å². The van der Waals surface area contributed by atoms with E-state index in [4.69, 9.17) is 4.74 Å². The molecule has 0 unspecified atom stereocenters. The number of hydrogen-bond acceptors (Lipinski definition) is 3. The number of rotatable bonds is 4. The Hall–Kier alpha value is -0.380. The van der Waals surface area contributed by atoms with Gasteiger partial charge in [0.1, 0.15) is 0 Å². The molecule has 2 N–H and O–H groups in total. The Morgan fingerprint density at radius 1 is 1.47 bits per heavy atom. The van der Waals surface area contributed by atoms with Crippen molar-refractivity contribution in [3.63, 3.8) is 0 Å². The number of hydrogen-bond donors (Lipinski definition) is 2. The third kappa shape index (κ3) is 2.25. The van der Waals surface area contributed by atoms with E-state index in [2.05, 4.69) is 6.92 Å². The molecule has 0 amide bonds. The molecule has 1 saturated heterocycles. The maximum absolute atomic E-state index is 10.1. The number of aliphatic hydroxyl groups excluding tert-OH is 2. The van der Waals surface area contributed by atoms with Crippen LogP contribution in [0.4, 0.5) is 0 Å². The van der Waals surface area contributed by atoms with Gasteiger partial charge in [-0.05, 0) is 13.3 Å². The summed E-state index contributed by atoms with van der Waals surface area (Å²) in [5, 5.41) is 19.5. The van der Waals surface area contributed by atoms with Gasteiger partial charge in [0.05, 0.1) is 24.9 Å². The minimum Gasteiger partial charge on any atom is -0.396 e. The molecule has 0 aliphatic carbocycles. The molecule has 1 fully saturated rings. The molecule has 0 bridgehead atoms. The molecule has 0 aromatic carbocycles. The molecule has 0 radical (unpaired) electrons. The van der Waals surface area contributed by atoms with Crippen molar-refractivity contribution in [3.05, 3.63) is 12.2 Å². The van der Waals surface area contributed by atoms with Crippen LogP contribution in [0.5, 0.6) is 0 Å². The van der Waals surface area contributed by atoms with Crippen molar-refractivity contribution < 1.29 is 14.9 Å². The molecule has 1 rings (SSSR count). The van der Waals surface area contributed by atoms with Crippen LogP contribution in [0, 0.1) is 5.41 Å². The maximum atomic E-state index is 10.1. The van der Waals surface area contributed by atoms with Crippen LogP contribution in [0.3, 0.4) is 0 Å². The molecular formula is C12H22O3. The summed E-state index contributed by atoms with van der Waals surface area (Å²) < 4.78 is 5.76. The van der Waals surface area contributed by atoms with Gasteiger partial charge >= 0.3 is 0 Å². The highest BCUT2D eigenvalue weighted by atomic mass is 16.5. The molecular weight excluding hydrogens is 192 g/mol. The molecule has 1 aliphatic rings. The van der Waals surface area contributed by atoms with Crippen LogP contribution < -0.4 is 0 Å². The quantitative estimate of drug-likeness (QED) is 0.697. The van der Waals surface area contributed by atoms with Gasteiger partial charge in [-0.3, -0.25) is 0 Å². The lowest BCUT2D eigenvalue weighted by molar-refractivity contribution is 0.00736. The fourth-order valence-electron chi connectivity index (χ4n) is 2.15. The lowest BCUT2D eigenvalue weighted by atomic mass is 9.79. The van der Waals surface area contributed by atoms with Gasteiger partial charge < -0.3 is 14.9 Å². The van der Waals surface area contributed by atoms with Crippen LogP contribution in [0.2, 0.25) is 0 Å². The lowest BCUT2D eigenvalue weighted by Gasteiger charge is -2.28. The van der Waals surface area contributed by atoms with Crippen molar-refractivity contribution in [1.82, 2.24) is 0 Å². The van der Waals surface area contributed by atoms with Crippen LogP contribution in [0.1, 0.15) is 33.6 Å². The standard InChI is InChI=1S/C12H22O3/c1-4-6-9-11(14)12(3,8-13)10(15-9)7-5-2/h5,7,9-11,13-14H,4,6,8H2,1-3H3/b7-5+/t9-,10+,11-,12+/m0/s1. The second-order valence-electron chi connectivity index (χ2n) is 4.52. The Bertz CT molecular complexity index is 227. The van der Waals surface area contributed by atoms with Gasteiger partial charge in [0.2, 0.25) is 0 Å². The van der Waals surface area contributed by atoms with Gasteiger partial charge in [0.25, 0.3) is 0 Å². The van der Waals surface area contributed by atoms with Crippen LogP contribution in [0.25, 0.3) is 0 Å². The van der Waals surface area contributed by atoms with Crippen LogP contribution in [0.15, 0.2) is 12.2 Å². The molecule has 0 saturated carbocycles. The van der Waals surface area contributed by atoms with E-state index >= 15 is 0 Å². The zero-order valence-electron chi connectivity index (χ0n) is 9.81. The second kappa shape index (κ2) is 5.10. The summed E-state index contributed by atoms with van der Waals surface area (Å²) in [5.74, 6) is 0. The number of ether oxygens (including phenoxy) is 1. The van der Waals surface area contributed by atoms with Gasteiger partial charge in [-0.15, -0.1) is 0 Å². The highest BCUT2D eigenvalue weighted by Gasteiger charge is 2.50. The summed E-state index contributed by atoms with van der Waals surface area (Å²) in [6, 6.07) is 0. The molecule has 15 heavy (non-hydrogen) atoms. The summed E-state index contributed by atoms with van der Waals surface area (Å²) in [4.78, 5) is 0. The largest absolute Gasteiger partial charge is 0.396 e. The first-order valence-corrected chi connectivity index (χ1v) is 5.67. The third-order valence-corrected chi connectivity index (χ3v) is 3.28. The van der Waals surface area contributed by atoms with Crippen molar-refractivity contribution in [2.24, 2.45) is 5.41 Å². The van der Waals surface area contributed by atoms with Crippen LogP contribution in [-0.2, 0) is 4.74 Å². The number of allylic oxidation sites excluding steroid dienone is 1. The first-order valence-electron chi connectivity index (χ1n) is 5.67. The van der Waals surface area contributed by atoms with Crippen molar-refractivity contribution in [3.8, 4) is 0 Å². The molecule has 0 aromatic heterocycles. The minimum absolute atomic E-state index is 0.0522. The first kappa shape index (κ1) is 12.7. The molecule has 3 heteroatoms. The SMILES string of the molecule is C/C=C/[C@H]1O[C@@H](CCC)[C@H](O)[C@]1(C)CO. The van der Waals surface area contributed by atoms with Crippen LogP contribution >= 0.6 is 0 Å². The molecule has 88 valence electrons. The van der Waals surface area contributed by atoms with E-state index in [1.54, 1.807) is 0 Å². The zero-order valence-corrected chi connectivity index (χ0v) is 9.81. The van der Waals surface area contributed by atoms with E-state index in [9.17, 15) is 10.2 Å². The number of aliphatic hydroxyl groups is 2. The van der Waals surface area contributed by atoms with Crippen LogP contribution in [-0.4, -0.2) is 35.1 Å². The Kier molecular flexibility index (Phi) is 4.32. The molecule has 4 atom stereocenters. The maximum Gasteiger partial charge on any atom is 0.0905 e. The Morgan fingerprint density at radius 3 is 2.60 bits per heavy atom. The summed E-state index contributed by atoms with van der Waals surface area (Å²) in [7, 11) is 0. The predicted molar refractivity (Wildman–Crippen MR) is 59.6 cm³/mol. The summed E-state index contributed by atoms with van der Waals surface area (Å²) >= 11 is 0. The topological polar surface area (TPSA) is 49.7 Å². The normalized spacial score (nSPS) is 41.5. The smallest absolute Gasteiger partial charge is 0.0905 e. The van der Waals surface area contributed by atoms with Gasteiger partial charge in [0, 0.05) is 5.41 Å². The highest BCUT2D eigenvalue weighted by molar-refractivity contribution is 5.07. The van der Waals surface area contributed by atoms with E-state index in [0.29, 0.717) is 0 Å². The second-order valence-corrected chi connectivity index (χ2v) is 4.52. The molecule has 3 nitrogen and oxygen atoms in total. The zero-order chi connectivity index (χ0) is 11.5. The molecule has 0 spiro atoms. The van der Waals surface area contributed by atoms with Gasteiger partial charge in [-0.2, -0.15) is 0 Å².